The average Bonchev–Trinajstić information content (AvgIpc) is 2.46. The Kier molecular flexibility index (Phi) is 5.95. The predicted molar refractivity (Wildman–Crippen MR) is 90.0 cm³/mol. The van der Waals surface area contributed by atoms with Gasteiger partial charge >= 0.3 is 0 Å². The minimum atomic E-state index is 0.137. The number of rotatable bonds is 5. The van der Waals surface area contributed by atoms with Gasteiger partial charge in [0.1, 0.15) is 5.75 Å². The van der Waals surface area contributed by atoms with Crippen LogP contribution >= 0.6 is 11.6 Å². The van der Waals surface area contributed by atoms with Gasteiger partial charge in [-0.3, -0.25) is 0 Å². The van der Waals surface area contributed by atoms with Gasteiger partial charge in [0.25, 0.3) is 0 Å². The molecule has 0 aliphatic heterocycles. The van der Waals surface area contributed by atoms with Crippen LogP contribution in [-0.4, -0.2) is 12.1 Å². The molecular formula is C18H28ClNO. The first-order chi connectivity index (χ1) is 10.0. The van der Waals surface area contributed by atoms with Crippen LogP contribution in [0.25, 0.3) is 0 Å². The van der Waals surface area contributed by atoms with Gasteiger partial charge in [0.15, 0.2) is 0 Å². The average molecular weight is 310 g/mol. The van der Waals surface area contributed by atoms with Crippen molar-refractivity contribution in [3.8, 4) is 5.75 Å². The summed E-state index contributed by atoms with van der Waals surface area (Å²) in [5.74, 6) is 2.46. The number of hydrogen-bond donors (Lipinski definition) is 1. The maximum Gasteiger partial charge on any atom is 0.124 e. The van der Waals surface area contributed by atoms with E-state index in [0.29, 0.717) is 6.10 Å². The Morgan fingerprint density at radius 2 is 2.05 bits per heavy atom. The maximum absolute atomic E-state index is 6.36. The molecule has 21 heavy (non-hydrogen) atoms. The summed E-state index contributed by atoms with van der Waals surface area (Å²) < 4.78 is 6.29. The van der Waals surface area contributed by atoms with Gasteiger partial charge in [-0.25, -0.2) is 0 Å². The van der Waals surface area contributed by atoms with Crippen molar-refractivity contribution in [1.29, 1.82) is 0 Å². The molecule has 1 aromatic carbocycles. The molecule has 1 aromatic rings. The Morgan fingerprint density at radius 1 is 1.29 bits per heavy atom. The summed E-state index contributed by atoms with van der Waals surface area (Å²) >= 11 is 6.36. The number of hydrogen-bond acceptors (Lipinski definition) is 2. The first-order valence-electron chi connectivity index (χ1n) is 8.20. The highest BCUT2D eigenvalue weighted by molar-refractivity contribution is 6.31. The molecule has 118 valence electrons. The zero-order valence-electron chi connectivity index (χ0n) is 13.4. The summed E-state index contributed by atoms with van der Waals surface area (Å²) in [5, 5.41) is 0.772. The van der Waals surface area contributed by atoms with Gasteiger partial charge in [0, 0.05) is 16.6 Å². The van der Waals surface area contributed by atoms with Gasteiger partial charge in [0.2, 0.25) is 0 Å². The Hall–Kier alpha value is -0.730. The smallest absolute Gasteiger partial charge is 0.124 e. The first kappa shape index (κ1) is 16.6. The maximum atomic E-state index is 6.36. The Morgan fingerprint density at radius 3 is 2.71 bits per heavy atom. The fraction of sp³-hybridized carbons (Fsp3) is 0.667. The molecule has 1 fully saturated rings. The SMILES string of the molecule is CCC(N)Cc1c(Cl)cccc1OC1CCC(C)C(C)C1. The van der Waals surface area contributed by atoms with Gasteiger partial charge in [-0.15, -0.1) is 0 Å². The molecule has 4 atom stereocenters. The summed E-state index contributed by atoms with van der Waals surface area (Å²) in [6.07, 6.45) is 5.55. The standard InChI is InChI=1S/C18H28ClNO/c1-4-14(20)11-16-17(19)6-5-7-18(16)21-15-9-8-12(2)13(3)10-15/h5-7,12-15H,4,8-11,20H2,1-3H3. The molecule has 1 aliphatic rings. The molecule has 4 unspecified atom stereocenters. The number of ether oxygens (including phenoxy) is 1. The quantitative estimate of drug-likeness (QED) is 0.846. The molecule has 2 nitrogen and oxygen atoms in total. The molecule has 1 aliphatic carbocycles. The van der Waals surface area contributed by atoms with Gasteiger partial charge in [-0.1, -0.05) is 38.4 Å². The fourth-order valence-corrected chi connectivity index (χ4v) is 3.28. The predicted octanol–water partition coefficient (Wildman–Crippen LogP) is 4.82. The van der Waals surface area contributed by atoms with Crippen molar-refractivity contribution in [2.24, 2.45) is 17.6 Å². The van der Waals surface area contributed by atoms with Crippen molar-refractivity contribution < 1.29 is 4.74 Å². The van der Waals surface area contributed by atoms with Crippen LogP contribution in [0.1, 0.15) is 52.0 Å². The molecule has 0 radical (unpaired) electrons. The molecule has 2 N–H and O–H groups in total. The van der Waals surface area contributed by atoms with E-state index in [1.165, 1.54) is 6.42 Å². The summed E-state index contributed by atoms with van der Waals surface area (Å²) in [6.45, 7) is 6.77. The van der Waals surface area contributed by atoms with E-state index in [-0.39, 0.29) is 6.04 Å². The lowest BCUT2D eigenvalue weighted by Crippen LogP contribution is -2.29. The second-order valence-corrected chi connectivity index (χ2v) is 7.00. The third kappa shape index (κ3) is 4.37. The van der Waals surface area contributed by atoms with Crippen molar-refractivity contribution in [3.63, 3.8) is 0 Å². The molecule has 0 bridgehead atoms. The second-order valence-electron chi connectivity index (χ2n) is 6.60. The summed E-state index contributed by atoms with van der Waals surface area (Å²) in [4.78, 5) is 0. The second kappa shape index (κ2) is 7.51. The van der Waals surface area contributed by atoms with Crippen molar-refractivity contribution in [2.45, 2.75) is 65.0 Å². The molecule has 0 heterocycles. The molecule has 0 spiro atoms. The zero-order chi connectivity index (χ0) is 15.4. The molecule has 2 rings (SSSR count). The van der Waals surface area contributed by atoms with Gasteiger partial charge in [-0.05, 0) is 56.1 Å². The highest BCUT2D eigenvalue weighted by Gasteiger charge is 2.26. The largest absolute Gasteiger partial charge is 0.490 e. The van der Waals surface area contributed by atoms with Crippen LogP contribution in [0.15, 0.2) is 18.2 Å². The molecule has 0 amide bonds. The summed E-state index contributed by atoms with van der Waals surface area (Å²) in [7, 11) is 0. The summed E-state index contributed by atoms with van der Waals surface area (Å²) in [6, 6.07) is 6.06. The van der Waals surface area contributed by atoms with Gasteiger partial charge < -0.3 is 10.5 Å². The van der Waals surface area contributed by atoms with Crippen LogP contribution in [0.3, 0.4) is 0 Å². The zero-order valence-corrected chi connectivity index (χ0v) is 14.2. The van der Waals surface area contributed by atoms with E-state index < -0.39 is 0 Å². The van der Waals surface area contributed by atoms with Gasteiger partial charge in [-0.2, -0.15) is 0 Å². The van der Waals surface area contributed by atoms with Crippen LogP contribution in [0, 0.1) is 11.8 Å². The fourth-order valence-electron chi connectivity index (χ4n) is 3.04. The van der Waals surface area contributed by atoms with Crippen molar-refractivity contribution in [1.82, 2.24) is 0 Å². The van der Waals surface area contributed by atoms with E-state index in [2.05, 4.69) is 20.8 Å². The Bertz CT molecular complexity index is 463. The lowest BCUT2D eigenvalue weighted by Gasteiger charge is -2.33. The summed E-state index contributed by atoms with van der Waals surface area (Å²) in [5.41, 5.74) is 7.17. The van der Waals surface area contributed by atoms with Gasteiger partial charge in [0.05, 0.1) is 6.10 Å². The number of benzene rings is 1. The monoisotopic (exact) mass is 309 g/mol. The van der Waals surface area contributed by atoms with Crippen molar-refractivity contribution in [2.75, 3.05) is 0 Å². The lowest BCUT2D eigenvalue weighted by molar-refractivity contribution is 0.0996. The Balaban J connectivity index is 2.10. The minimum Gasteiger partial charge on any atom is -0.490 e. The third-order valence-electron chi connectivity index (χ3n) is 4.91. The van der Waals surface area contributed by atoms with E-state index in [1.54, 1.807) is 0 Å². The third-order valence-corrected chi connectivity index (χ3v) is 5.26. The van der Waals surface area contributed by atoms with E-state index >= 15 is 0 Å². The highest BCUT2D eigenvalue weighted by atomic mass is 35.5. The van der Waals surface area contributed by atoms with Crippen molar-refractivity contribution in [3.05, 3.63) is 28.8 Å². The topological polar surface area (TPSA) is 35.2 Å². The number of nitrogens with two attached hydrogens (primary N) is 1. The first-order valence-corrected chi connectivity index (χ1v) is 8.58. The van der Waals surface area contributed by atoms with E-state index in [0.717, 1.165) is 53.9 Å². The molecule has 0 aromatic heterocycles. The van der Waals surface area contributed by atoms with Crippen LogP contribution < -0.4 is 10.5 Å². The van der Waals surface area contributed by atoms with Crippen LogP contribution in [0.4, 0.5) is 0 Å². The lowest BCUT2D eigenvalue weighted by atomic mass is 9.80. The minimum absolute atomic E-state index is 0.137. The highest BCUT2D eigenvalue weighted by Crippen LogP contribution is 2.34. The molecule has 1 saturated carbocycles. The van der Waals surface area contributed by atoms with Crippen molar-refractivity contribution >= 4 is 11.6 Å². The van der Waals surface area contributed by atoms with E-state index in [1.807, 2.05) is 18.2 Å². The van der Waals surface area contributed by atoms with Crippen LogP contribution in [0.2, 0.25) is 5.02 Å². The van der Waals surface area contributed by atoms with E-state index in [4.69, 9.17) is 22.1 Å². The Labute approximate surface area is 134 Å². The molecule has 0 saturated heterocycles. The molecule has 3 heteroatoms. The number of halogens is 1. The normalized spacial score (nSPS) is 27.4. The van der Waals surface area contributed by atoms with Crippen LogP contribution in [0.5, 0.6) is 5.75 Å². The van der Waals surface area contributed by atoms with Crippen LogP contribution in [-0.2, 0) is 6.42 Å². The van der Waals surface area contributed by atoms with E-state index in [9.17, 15) is 0 Å². The molecular weight excluding hydrogens is 282 g/mol.